The molecule has 2 aromatic carbocycles. The van der Waals surface area contributed by atoms with Gasteiger partial charge in [0.2, 0.25) is 10.0 Å². The maximum absolute atomic E-state index is 12.9. The summed E-state index contributed by atoms with van der Waals surface area (Å²) in [7, 11) is -2.86. The van der Waals surface area contributed by atoms with Gasteiger partial charge in [0.15, 0.2) is 0 Å². The third-order valence-corrected chi connectivity index (χ3v) is 4.47. The first-order chi connectivity index (χ1) is 11.6. The third kappa shape index (κ3) is 4.96. The molecule has 0 heterocycles. The third-order valence-electron chi connectivity index (χ3n) is 3.23. The molecule has 0 spiro atoms. The average Bonchev–Trinajstić information content (AvgIpc) is 2.53. The van der Waals surface area contributed by atoms with Gasteiger partial charge in [-0.2, -0.15) is 13.2 Å². The first-order valence-corrected chi connectivity index (χ1v) is 8.61. The molecule has 0 saturated heterocycles. The Morgan fingerprint density at radius 2 is 1.68 bits per heavy atom. The molecule has 0 aliphatic carbocycles. The van der Waals surface area contributed by atoms with E-state index in [1.165, 1.54) is 43.5 Å². The van der Waals surface area contributed by atoms with Crippen LogP contribution in [0.25, 0.3) is 0 Å². The summed E-state index contributed by atoms with van der Waals surface area (Å²) in [4.78, 5) is 11.3. The van der Waals surface area contributed by atoms with Crippen molar-refractivity contribution in [2.45, 2.75) is 11.9 Å². The lowest BCUT2D eigenvalue weighted by atomic mass is 10.1. The number of esters is 1. The highest BCUT2D eigenvalue weighted by Gasteiger charge is 2.34. The Balaban J connectivity index is 2.20. The smallest absolute Gasteiger partial charge is 0.418 e. The molecule has 0 aromatic heterocycles. The first kappa shape index (κ1) is 18.8. The van der Waals surface area contributed by atoms with Gasteiger partial charge in [0.1, 0.15) is 0 Å². The van der Waals surface area contributed by atoms with Crippen molar-refractivity contribution in [3.63, 3.8) is 0 Å². The van der Waals surface area contributed by atoms with Crippen LogP contribution in [0.3, 0.4) is 0 Å². The van der Waals surface area contributed by atoms with Crippen molar-refractivity contribution < 1.29 is 31.1 Å². The Kier molecular flexibility index (Phi) is 5.36. The van der Waals surface area contributed by atoms with Gasteiger partial charge >= 0.3 is 12.1 Å². The summed E-state index contributed by atoms with van der Waals surface area (Å²) in [5.41, 5.74) is -1.07. The minimum Gasteiger partial charge on any atom is -0.465 e. The van der Waals surface area contributed by atoms with Crippen molar-refractivity contribution in [3.05, 3.63) is 65.2 Å². The van der Waals surface area contributed by atoms with Gasteiger partial charge in [0.25, 0.3) is 0 Å². The molecule has 25 heavy (non-hydrogen) atoms. The van der Waals surface area contributed by atoms with Gasteiger partial charge in [-0.15, -0.1) is 0 Å². The van der Waals surface area contributed by atoms with Crippen LogP contribution in [0.2, 0.25) is 0 Å². The van der Waals surface area contributed by atoms with Crippen molar-refractivity contribution in [2.24, 2.45) is 0 Å². The zero-order chi connectivity index (χ0) is 18.7. The Bertz CT molecular complexity index is 862. The van der Waals surface area contributed by atoms with Gasteiger partial charge in [0, 0.05) is 0 Å². The van der Waals surface area contributed by atoms with Gasteiger partial charge in [-0.3, -0.25) is 4.72 Å². The minimum absolute atomic E-state index is 0.235. The Labute approximate surface area is 142 Å². The number of ether oxygens (including phenoxy) is 1. The number of carbonyl (C=O) groups excluding carboxylic acids is 1. The van der Waals surface area contributed by atoms with E-state index in [0.29, 0.717) is 5.56 Å². The molecule has 0 saturated carbocycles. The van der Waals surface area contributed by atoms with Crippen molar-refractivity contribution in [1.29, 1.82) is 0 Å². The molecule has 9 heteroatoms. The van der Waals surface area contributed by atoms with Crippen molar-refractivity contribution in [2.75, 3.05) is 11.8 Å². The summed E-state index contributed by atoms with van der Waals surface area (Å²) >= 11 is 0. The molecule has 0 atom stereocenters. The minimum atomic E-state index is -4.68. The van der Waals surface area contributed by atoms with Crippen molar-refractivity contribution >= 4 is 21.7 Å². The van der Waals surface area contributed by atoms with Crippen LogP contribution in [0.15, 0.2) is 48.5 Å². The number of para-hydroxylation sites is 1. The molecule has 0 bridgehead atoms. The van der Waals surface area contributed by atoms with E-state index in [0.717, 1.165) is 12.1 Å². The fourth-order valence-corrected chi connectivity index (χ4v) is 3.31. The molecule has 2 rings (SSSR count). The second-order valence-corrected chi connectivity index (χ2v) is 6.82. The Morgan fingerprint density at radius 1 is 1.08 bits per heavy atom. The number of methoxy groups -OCH3 is 1. The highest BCUT2D eigenvalue weighted by molar-refractivity contribution is 7.91. The van der Waals surface area contributed by atoms with Gasteiger partial charge in [-0.25, -0.2) is 13.2 Å². The number of nitrogens with one attached hydrogen (secondary N) is 1. The predicted octanol–water partition coefficient (Wildman–Crippen LogP) is 3.43. The SMILES string of the molecule is COC(=O)c1ccc(CS(=O)(=O)Nc2ccccc2C(F)(F)F)cc1. The van der Waals surface area contributed by atoms with Crippen LogP contribution in [0, 0.1) is 0 Å². The number of anilines is 1. The molecule has 0 amide bonds. The van der Waals surface area contributed by atoms with E-state index in [4.69, 9.17) is 0 Å². The Hall–Kier alpha value is -2.55. The number of halogens is 3. The summed E-state index contributed by atoms with van der Waals surface area (Å²) < 4.78 is 69.6. The summed E-state index contributed by atoms with van der Waals surface area (Å²) in [6.07, 6.45) is -4.68. The van der Waals surface area contributed by atoms with Gasteiger partial charge in [-0.05, 0) is 29.8 Å². The van der Waals surface area contributed by atoms with E-state index in [9.17, 15) is 26.4 Å². The number of sulfonamides is 1. The maximum Gasteiger partial charge on any atom is 0.418 e. The summed E-state index contributed by atoms with van der Waals surface area (Å²) in [5, 5.41) is 0. The molecule has 2 aromatic rings. The molecule has 1 N–H and O–H groups in total. The molecule has 5 nitrogen and oxygen atoms in total. The van der Waals surface area contributed by atoms with E-state index in [2.05, 4.69) is 4.74 Å². The van der Waals surface area contributed by atoms with Gasteiger partial charge in [-0.1, -0.05) is 24.3 Å². The van der Waals surface area contributed by atoms with E-state index < -0.39 is 39.2 Å². The number of alkyl halides is 3. The summed E-state index contributed by atoms with van der Waals surface area (Å²) in [6, 6.07) is 9.84. The molecule has 0 aliphatic rings. The largest absolute Gasteiger partial charge is 0.465 e. The van der Waals surface area contributed by atoms with Crippen molar-refractivity contribution in [3.8, 4) is 0 Å². The normalized spacial score (nSPS) is 11.8. The highest BCUT2D eigenvalue weighted by Crippen LogP contribution is 2.35. The van der Waals surface area contributed by atoms with Crippen LogP contribution in [-0.4, -0.2) is 21.5 Å². The fourth-order valence-electron chi connectivity index (χ4n) is 2.10. The fraction of sp³-hybridized carbons (Fsp3) is 0.188. The molecular weight excluding hydrogens is 359 g/mol. The van der Waals surface area contributed by atoms with Crippen molar-refractivity contribution in [1.82, 2.24) is 0 Å². The van der Waals surface area contributed by atoms with E-state index >= 15 is 0 Å². The number of carbonyl (C=O) groups is 1. The van der Waals surface area contributed by atoms with E-state index in [-0.39, 0.29) is 5.56 Å². The zero-order valence-electron chi connectivity index (χ0n) is 13.0. The lowest BCUT2D eigenvalue weighted by Crippen LogP contribution is -2.18. The topological polar surface area (TPSA) is 72.5 Å². The predicted molar refractivity (Wildman–Crippen MR) is 85.5 cm³/mol. The Morgan fingerprint density at radius 3 is 2.24 bits per heavy atom. The lowest BCUT2D eigenvalue weighted by molar-refractivity contribution is -0.136. The lowest BCUT2D eigenvalue weighted by Gasteiger charge is -2.14. The van der Waals surface area contributed by atoms with Crippen LogP contribution in [0.1, 0.15) is 21.5 Å². The van der Waals surface area contributed by atoms with E-state index in [1.54, 1.807) is 0 Å². The van der Waals surface area contributed by atoms with Crippen LogP contribution in [0.5, 0.6) is 0 Å². The second kappa shape index (κ2) is 7.14. The maximum atomic E-state index is 12.9. The highest BCUT2D eigenvalue weighted by atomic mass is 32.2. The van der Waals surface area contributed by atoms with Gasteiger partial charge < -0.3 is 4.74 Å². The first-order valence-electron chi connectivity index (χ1n) is 6.96. The standard InChI is InChI=1S/C16H14F3NO4S/c1-24-15(21)12-8-6-11(7-9-12)10-25(22,23)20-14-5-3-2-4-13(14)16(17,18)19/h2-9,20H,10H2,1H3. The molecular formula is C16H14F3NO4S. The molecule has 134 valence electrons. The van der Waals surface area contributed by atoms with E-state index in [1.807, 2.05) is 4.72 Å². The number of benzene rings is 2. The van der Waals surface area contributed by atoms with Crippen LogP contribution >= 0.6 is 0 Å². The summed E-state index contributed by atoms with van der Waals surface area (Å²) in [5.74, 6) is -1.12. The second-order valence-electron chi connectivity index (χ2n) is 5.09. The van der Waals surface area contributed by atoms with Crippen LogP contribution in [0.4, 0.5) is 18.9 Å². The molecule has 0 fully saturated rings. The van der Waals surface area contributed by atoms with Gasteiger partial charge in [0.05, 0.1) is 29.7 Å². The average molecular weight is 373 g/mol. The van der Waals surface area contributed by atoms with Crippen LogP contribution in [-0.2, 0) is 26.7 Å². The monoisotopic (exact) mass is 373 g/mol. The number of hydrogen-bond acceptors (Lipinski definition) is 4. The number of hydrogen-bond donors (Lipinski definition) is 1. The molecule has 0 radical (unpaired) electrons. The zero-order valence-corrected chi connectivity index (χ0v) is 13.8. The number of rotatable bonds is 5. The molecule has 0 unspecified atom stereocenters. The summed E-state index contributed by atoms with van der Waals surface area (Å²) in [6.45, 7) is 0. The van der Waals surface area contributed by atoms with Crippen LogP contribution < -0.4 is 4.72 Å². The quantitative estimate of drug-likeness (QED) is 0.815. The molecule has 0 aliphatic heterocycles.